The van der Waals surface area contributed by atoms with E-state index in [9.17, 15) is 14.4 Å². The number of likely N-dealkylation sites (tertiary alicyclic amines) is 1. The first-order chi connectivity index (χ1) is 20.8. The molecule has 1 aliphatic carbocycles. The number of nitrogens with one attached hydrogen (secondary N) is 4. The predicted molar refractivity (Wildman–Crippen MR) is 168 cm³/mol. The topological polar surface area (TPSA) is 110 Å². The molecule has 3 aromatic rings. The van der Waals surface area contributed by atoms with E-state index in [0.29, 0.717) is 13.1 Å². The van der Waals surface area contributed by atoms with Crippen molar-refractivity contribution < 1.29 is 14.4 Å². The van der Waals surface area contributed by atoms with Gasteiger partial charge in [0.2, 0.25) is 11.8 Å². The molecule has 1 spiro atoms. The lowest BCUT2D eigenvalue weighted by Gasteiger charge is -2.42. The van der Waals surface area contributed by atoms with Crippen LogP contribution >= 0.6 is 0 Å². The van der Waals surface area contributed by atoms with E-state index in [1.165, 1.54) is 5.56 Å². The Kier molecular flexibility index (Phi) is 8.18. The van der Waals surface area contributed by atoms with Crippen molar-refractivity contribution >= 4 is 28.7 Å². The molecule has 6 rings (SSSR count). The van der Waals surface area contributed by atoms with Crippen molar-refractivity contribution in [2.24, 2.45) is 0 Å². The predicted octanol–water partition coefficient (Wildman–Crippen LogP) is 3.83. The molecule has 4 N–H and O–H groups in total. The quantitative estimate of drug-likeness (QED) is 0.353. The van der Waals surface area contributed by atoms with Crippen LogP contribution in [0.3, 0.4) is 0 Å². The van der Waals surface area contributed by atoms with Gasteiger partial charge in [-0.05, 0) is 61.4 Å². The van der Waals surface area contributed by atoms with Crippen LogP contribution in [0.5, 0.6) is 0 Å². The number of hydrogen-bond acceptors (Lipinski definition) is 4. The van der Waals surface area contributed by atoms with Gasteiger partial charge < -0.3 is 30.7 Å². The first kappa shape index (κ1) is 29.2. The second-order valence-corrected chi connectivity index (χ2v) is 12.9. The molecular weight excluding hydrogens is 540 g/mol. The number of carbonyl (C=O) groups excluding carboxylic acids is 3. The average Bonchev–Trinajstić information content (AvgIpc) is 3.60. The largest absolute Gasteiger partial charge is 0.361 e. The molecule has 2 fully saturated rings. The van der Waals surface area contributed by atoms with Crippen LogP contribution in [0.15, 0.2) is 54.7 Å². The Hall–Kier alpha value is -3.85. The first-order valence-corrected chi connectivity index (χ1v) is 15.7. The minimum Gasteiger partial charge on any atom is -0.361 e. The Morgan fingerprint density at radius 3 is 2.53 bits per heavy atom. The smallest absolute Gasteiger partial charge is 0.315 e. The summed E-state index contributed by atoms with van der Waals surface area (Å²) < 4.78 is 0. The number of benzene rings is 2. The molecule has 0 unspecified atom stereocenters. The van der Waals surface area contributed by atoms with Crippen LogP contribution in [0.1, 0.15) is 67.6 Å². The third-order valence-electron chi connectivity index (χ3n) is 10.1. The van der Waals surface area contributed by atoms with Crippen molar-refractivity contribution in [3.8, 4) is 0 Å². The highest BCUT2D eigenvalue weighted by atomic mass is 16.2. The highest BCUT2D eigenvalue weighted by Gasteiger charge is 2.49. The van der Waals surface area contributed by atoms with Gasteiger partial charge in [-0.1, -0.05) is 49.4 Å². The van der Waals surface area contributed by atoms with E-state index in [0.717, 1.165) is 67.2 Å². The molecule has 4 amide bonds. The number of likely N-dealkylation sites (N-methyl/N-ethyl adjacent to an activating group) is 1. The lowest BCUT2D eigenvalue weighted by molar-refractivity contribution is -0.136. The molecule has 0 bridgehead atoms. The van der Waals surface area contributed by atoms with Gasteiger partial charge in [-0.2, -0.15) is 0 Å². The number of aromatic nitrogens is 1. The summed E-state index contributed by atoms with van der Waals surface area (Å²) in [6, 6.07) is 15.4. The fourth-order valence-corrected chi connectivity index (χ4v) is 7.65. The molecule has 0 saturated carbocycles. The highest BCUT2D eigenvalue weighted by Crippen LogP contribution is 2.52. The minimum absolute atomic E-state index is 0.0444. The first-order valence-electron chi connectivity index (χ1n) is 15.7. The number of nitrogens with zero attached hydrogens (tertiary/aromatic N) is 2. The third kappa shape index (κ3) is 5.62. The molecule has 43 heavy (non-hydrogen) atoms. The average molecular weight is 585 g/mol. The standard InChI is InChI=1S/C34H44N6O3/c1-22(27-21-36-29-13-7-5-11-25(27)29)30(38-33(43)37-23-9-8-16-35-20-23)32(42)40-17-14-34(15-18-40)19-26(31(41)39(2)3)24-10-4-6-12-28(24)34/h4-7,10-13,21-23,26,30,35-36H,8-9,14-20H2,1-3H3,(H2,37,38,43)/t22-,23-,26-,30+/m1/s1. The number of aromatic amines is 1. The summed E-state index contributed by atoms with van der Waals surface area (Å²) in [6.45, 7) is 4.89. The number of piperidine rings is 2. The van der Waals surface area contributed by atoms with Crippen LogP contribution in [0, 0.1) is 0 Å². The van der Waals surface area contributed by atoms with Gasteiger partial charge in [0.25, 0.3) is 0 Å². The number of urea groups is 1. The van der Waals surface area contributed by atoms with Gasteiger partial charge in [0.05, 0.1) is 5.92 Å². The monoisotopic (exact) mass is 584 g/mol. The van der Waals surface area contributed by atoms with Crippen LogP contribution in [0.25, 0.3) is 10.9 Å². The van der Waals surface area contributed by atoms with Crippen molar-refractivity contribution in [2.75, 3.05) is 40.3 Å². The van der Waals surface area contributed by atoms with Crippen LogP contribution in [0.4, 0.5) is 4.79 Å². The number of H-pyrrole nitrogens is 1. The van der Waals surface area contributed by atoms with Gasteiger partial charge in [-0.15, -0.1) is 0 Å². The van der Waals surface area contributed by atoms with Crippen molar-refractivity contribution in [1.82, 2.24) is 30.7 Å². The van der Waals surface area contributed by atoms with Crippen LogP contribution in [-0.2, 0) is 15.0 Å². The summed E-state index contributed by atoms with van der Waals surface area (Å²) in [5.41, 5.74) is 4.28. The third-order valence-corrected chi connectivity index (χ3v) is 10.1. The van der Waals surface area contributed by atoms with E-state index in [4.69, 9.17) is 0 Å². The molecule has 2 saturated heterocycles. The number of hydrogen-bond donors (Lipinski definition) is 4. The number of carbonyl (C=O) groups is 3. The lowest BCUT2D eigenvalue weighted by Crippen LogP contribution is -2.57. The van der Waals surface area contributed by atoms with Gasteiger partial charge in [0.1, 0.15) is 6.04 Å². The second kappa shape index (κ2) is 12.0. The zero-order valence-electron chi connectivity index (χ0n) is 25.5. The van der Waals surface area contributed by atoms with E-state index in [1.807, 2.05) is 56.4 Å². The Morgan fingerprint density at radius 2 is 1.79 bits per heavy atom. The Labute approximate surface area is 253 Å². The summed E-state index contributed by atoms with van der Waals surface area (Å²) >= 11 is 0. The highest BCUT2D eigenvalue weighted by molar-refractivity contribution is 5.90. The SMILES string of the molecule is C[C@H](c1c[nH]c2ccccc12)[C@H](NC(=O)N[C@@H]1CCCNC1)C(=O)N1CCC2(CC1)C[C@@H](C(=O)N(C)C)c1ccccc12. The summed E-state index contributed by atoms with van der Waals surface area (Å²) in [5.74, 6) is -0.317. The van der Waals surface area contributed by atoms with Crippen molar-refractivity contribution in [1.29, 1.82) is 0 Å². The summed E-state index contributed by atoms with van der Waals surface area (Å²) in [7, 11) is 3.64. The van der Waals surface area contributed by atoms with Gasteiger partial charge in [-0.25, -0.2) is 4.79 Å². The lowest BCUT2D eigenvalue weighted by atomic mass is 9.73. The second-order valence-electron chi connectivity index (χ2n) is 12.9. The Bertz CT molecular complexity index is 1480. The van der Waals surface area contributed by atoms with E-state index < -0.39 is 6.04 Å². The molecule has 228 valence electrons. The molecule has 0 radical (unpaired) electrons. The summed E-state index contributed by atoms with van der Waals surface area (Å²) in [5, 5.41) is 10.6. The van der Waals surface area contributed by atoms with E-state index in [1.54, 1.807) is 4.90 Å². The molecule has 3 heterocycles. The maximum atomic E-state index is 14.3. The summed E-state index contributed by atoms with van der Waals surface area (Å²) in [4.78, 5) is 47.7. The number of amides is 4. The normalized spacial score (nSPS) is 22.5. The van der Waals surface area contributed by atoms with Crippen LogP contribution < -0.4 is 16.0 Å². The van der Waals surface area contributed by atoms with Crippen molar-refractivity contribution in [3.63, 3.8) is 0 Å². The zero-order valence-corrected chi connectivity index (χ0v) is 25.5. The fraction of sp³-hybridized carbons (Fsp3) is 0.500. The maximum Gasteiger partial charge on any atom is 0.315 e. The molecule has 9 heteroatoms. The maximum absolute atomic E-state index is 14.3. The number of para-hydroxylation sites is 1. The minimum atomic E-state index is -0.719. The Morgan fingerprint density at radius 1 is 1.05 bits per heavy atom. The van der Waals surface area contributed by atoms with Crippen LogP contribution in [-0.4, -0.2) is 85.0 Å². The van der Waals surface area contributed by atoms with Crippen LogP contribution in [0.2, 0.25) is 0 Å². The molecule has 2 aromatic carbocycles. The number of fused-ring (bicyclic) bond motifs is 3. The summed E-state index contributed by atoms with van der Waals surface area (Å²) in [6.07, 6.45) is 6.25. The van der Waals surface area contributed by atoms with Crippen molar-refractivity contribution in [2.45, 2.75) is 68.4 Å². The van der Waals surface area contributed by atoms with Gasteiger partial charge >= 0.3 is 6.03 Å². The van der Waals surface area contributed by atoms with Gasteiger partial charge in [0, 0.05) is 68.2 Å². The molecule has 3 aliphatic rings. The van der Waals surface area contributed by atoms with Crippen molar-refractivity contribution in [3.05, 3.63) is 71.4 Å². The van der Waals surface area contributed by atoms with E-state index >= 15 is 0 Å². The Balaban J connectivity index is 1.22. The fourth-order valence-electron chi connectivity index (χ4n) is 7.65. The molecule has 2 aliphatic heterocycles. The van der Waals surface area contributed by atoms with E-state index in [-0.39, 0.29) is 41.1 Å². The molecular formula is C34H44N6O3. The van der Waals surface area contributed by atoms with Gasteiger partial charge in [-0.3, -0.25) is 9.59 Å². The molecule has 4 atom stereocenters. The van der Waals surface area contributed by atoms with Gasteiger partial charge in [0.15, 0.2) is 0 Å². The van der Waals surface area contributed by atoms with E-state index in [2.05, 4.69) is 45.2 Å². The molecule has 1 aromatic heterocycles. The molecule has 9 nitrogen and oxygen atoms in total. The zero-order chi connectivity index (χ0) is 30.1. The number of rotatable bonds is 6.